The van der Waals surface area contributed by atoms with E-state index in [4.69, 9.17) is 23.2 Å². The molecule has 0 radical (unpaired) electrons. The number of sulfone groups is 1. The average Bonchev–Trinajstić information content (AvgIpc) is 2.51. The number of anilines is 1. The monoisotopic (exact) mass is 371 g/mol. The average molecular weight is 372 g/mol. The molecule has 0 saturated carbocycles. The number of carbonyl (C=O) groups is 1. The highest BCUT2D eigenvalue weighted by atomic mass is 35.5. The van der Waals surface area contributed by atoms with E-state index in [9.17, 15) is 13.2 Å². The molecule has 4 nitrogen and oxygen atoms in total. The molecule has 1 N–H and O–H groups in total. The molecular weight excluding hydrogens is 357 g/mol. The van der Waals surface area contributed by atoms with Gasteiger partial charge in [0.25, 0.3) is 0 Å². The van der Waals surface area contributed by atoms with Gasteiger partial charge in [0.2, 0.25) is 5.91 Å². The molecule has 0 heterocycles. The van der Waals surface area contributed by atoms with Gasteiger partial charge in [0.1, 0.15) is 0 Å². The maximum atomic E-state index is 12.1. The lowest BCUT2D eigenvalue weighted by molar-refractivity contribution is -0.116. The molecule has 0 aliphatic carbocycles. The topological polar surface area (TPSA) is 63.2 Å². The number of carbonyl (C=O) groups excluding carboxylic acids is 1. The second-order valence-corrected chi connectivity index (χ2v) is 7.86. The zero-order chi connectivity index (χ0) is 16.9. The van der Waals surface area contributed by atoms with Crippen molar-refractivity contribution in [2.75, 3.05) is 11.1 Å². The van der Waals surface area contributed by atoms with Crippen LogP contribution in [0.4, 0.5) is 5.69 Å². The van der Waals surface area contributed by atoms with Crippen molar-refractivity contribution in [3.63, 3.8) is 0 Å². The van der Waals surface area contributed by atoms with Crippen molar-refractivity contribution in [3.05, 3.63) is 58.6 Å². The van der Waals surface area contributed by atoms with Gasteiger partial charge in [0.15, 0.2) is 9.84 Å². The van der Waals surface area contributed by atoms with Gasteiger partial charge in [-0.25, -0.2) is 8.42 Å². The summed E-state index contributed by atoms with van der Waals surface area (Å²) >= 11 is 11.8. The van der Waals surface area contributed by atoms with E-state index in [-0.39, 0.29) is 29.4 Å². The van der Waals surface area contributed by atoms with Gasteiger partial charge in [-0.15, -0.1) is 0 Å². The van der Waals surface area contributed by atoms with Crippen LogP contribution in [-0.4, -0.2) is 20.1 Å². The van der Waals surface area contributed by atoms with Gasteiger partial charge < -0.3 is 5.32 Å². The third-order valence-corrected chi connectivity index (χ3v) is 5.50. The Kier molecular flexibility index (Phi) is 6.04. The van der Waals surface area contributed by atoms with E-state index in [0.29, 0.717) is 15.7 Å². The summed E-state index contributed by atoms with van der Waals surface area (Å²) in [6.07, 6.45) is 0.302. The first kappa shape index (κ1) is 17.8. The molecule has 0 saturated heterocycles. The van der Waals surface area contributed by atoms with Crippen LogP contribution in [0.15, 0.2) is 53.4 Å². The summed E-state index contributed by atoms with van der Waals surface area (Å²) in [6, 6.07) is 12.9. The molecule has 1 amide bonds. The normalized spacial score (nSPS) is 11.2. The van der Waals surface area contributed by atoms with Gasteiger partial charge in [0.05, 0.1) is 21.4 Å². The maximum absolute atomic E-state index is 12.1. The quantitative estimate of drug-likeness (QED) is 0.827. The molecule has 2 aromatic carbocycles. The molecule has 0 spiro atoms. The van der Waals surface area contributed by atoms with Crippen molar-refractivity contribution >= 4 is 44.6 Å². The SMILES string of the molecule is O=C(CCCS(=O)(=O)c1ccccc1)Nc1cc(Cl)ccc1Cl. The maximum Gasteiger partial charge on any atom is 0.224 e. The fourth-order valence-corrected chi connectivity index (χ4v) is 3.64. The van der Waals surface area contributed by atoms with Crippen LogP contribution in [0.25, 0.3) is 0 Å². The van der Waals surface area contributed by atoms with Crippen LogP contribution in [0.1, 0.15) is 12.8 Å². The van der Waals surface area contributed by atoms with Gasteiger partial charge in [-0.3, -0.25) is 4.79 Å². The Balaban J connectivity index is 1.89. The van der Waals surface area contributed by atoms with Crippen LogP contribution in [0.5, 0.6) is 0 Å². The lowest BCUT2D eigenvalue weighted by Gasteiger charge is -2.08. The standard InChI is InChI=1S/C16H15Cl2NO3S/c17-12-8-9-14(18)15(11-12)19-16(20)7-4-10-23(21,22)13-5-2-1-3-6-13/h1-3,5-6,8-9,11H,4,7,10H2,(H,19,20). The van der Waals surface area contributed by atoms with E-state index in [2.05, 4.69) is 5.32 Å². The predicted octanol–water partition coefficient (Wildman–Crippen LogP) is 4.19. The Bertz CT molecular complexity index is 792. The zero-order valence-electron chi connectivity index (χ0n) is 12.1. The fraction of sp³-hybridized carbons (Fsp3) is 0.188. The van der Waals surface area contributed by atoms with Crippen LogP contribution < -0.4 is 5.32 Å². The number of hydrogen-bond donors (Lipinski definition) is 1. The second kappa shape index (κ2) is 7.81. The minimum atomic E-state index is -3.37. The molecule has 2 rings (SSSR count). The van der Waals surface area contributed by atoms with Crippen LogP contribution in [0, 0.1) is 0 Å². The summed E-state index contributed by atoms with van der Waals surface area (Å²) in [5.41, 5.74) is 0.412. The largest absolute Gasteiger partial charge is 0.325 e. The number of benzene rings is 2. The van der Waals surface area contributed by atoms with Gasteiger partial charge in [-0.2, -0.15) is 0 Å². The Morgan fingerprint density at radius 1 is 1.04 bits per heavy atom. The molecule has 0 aliphatic rings. The van der Waals surface area contributed by atoms with E-state index < -0.39 is 9.84 Å². The number of nitrogens with one attached hydrogen (secondary N) is 1. The molecule has 0 unspecified atom stereocenters. The first-order valence-electron chi connectivity index (χ1n) is 6.91. The van der Waals surface area contributed by atoms with Gasteiger partial charge >= 0.3 is 0 Å². The number of rotatable bonds is 6. The molecule has 23 heavy (non-hydrogen) atoms. The number of hydrogen-bond acceptors (Lipinski definition) is 3. The van der Waals surface area contributed by atoms with Crippen molar-refractivity contribution in [1.29, 1.82) is 0 Å². The van der Waals surface area contributed by atoms with Crippen LogP contribution in [-0.2, 0) is 14.6 Å². The van der Waals surface area contributed by atoms with Gasteiger partial charge in [-0.05, 0) is 36.8 Å². The lowest BCUT2D eigenvalue weighted by atomic mass is 10.3. The summed E-state index contributed by atoms with van der Waals surface area (Å²) in [7, 11) is -3.37. The minimum Gasteiger partial charge on any atom is -0.325 e. The summed E-state index contributed by atoms with van der Waals surface area (Å²) in [4.78, 5) is 12.2. The highest BCUT2D eigenvalue weighted by molar-refractivity contribution is 7.91. The van der Waals surface area contributed by atoms with E-state index in [1.165, 1.54) is 0 Å². The van der Waals surface area contributed by atoms with Crippen molar-refractivity contribution in [3.8, 4) is 0 Å². The van der Waals surface area contributed by atoms with Crippen molar-refractivity contribution in [1.82, 2.24) is 0 Å². The van der Waals surface area contributed by atoms with Gasteiger partial charge in [-0.1, -0.05) is 41.4 Å². The highest BCUT2D eigenvalue weighted by Gasteiger charge is 2.15. The lowest BCUT2D eigenvalue weighted by Crippen LogP contribution is -2.14. The highest BCUT2D eigenvalue weighted by Crippen LogP contribution is 2.25. The second-order valence-electron chi connectivity index (χ2n) is 4.91. The number of halogens is 2. The summed E-state index contributed by atoms with van der Waals surface area (Å²) in [5, 5.41) is 3.46. The van der Waals surface area contributed by atoms with E-state index in [1.807, 2.05) is 0 Å². The Labute approximate surface area is 145 Å². The van der Waals surface area contributed by atoms with Crippen LogP contribution in [0.3, 0.4) is 0 Å². The first-order chi connectivity index (χ1) is 10.9. The minimum absolute atomic E-state index is 0.0783. The van der Waals surface area contributed by atoms with Gasteiger partial charge in [0, 0.05) is 11.4 Å². The van der Waals surface area contributed by atoms with E-state index >= 15 is 0 Å². The molecule has 0 aromatic heterocycles. The molecule has 0 atom stereocenters. The summed E-state index contributed by atoms with van der Waals surface area (Å²) < 4.78 is 24.2. The summed E-state index contributed by atoms with van der Waals surface area (Å²) in [6.45, 7) is 0. The fourth-order valence-electron chi connectivity index (χ4n) is 1.97. The molecule has 7 heteroatoms. The van der Waals surface area contributed by atoms with E-state index in [0.717, 1.165) is 0 Å². The molecule has 0 fully saturated rings. The van der Waals surface area contributed by atoms with Crippen molar-refractivity contribution in [2.24, 2.45) is 0 Å². The molecule has 0 bridgehead atoms. The zero-order valence-corrected chi connectivity index (χ0v) is 14.5. The van der Waals surface area contributed by atoms with Crippen LogP contribution >= 0.6 is 23.2 Å². The molecule has 122 valence electrons. The molecule has 2 aromatic rings. The Morgan fingerprint density at radius 3 is 2.43 bits per heavy atom. The summed E-state index contributed by atoms with van der Waals surface area (Å²) in [5.74, 6) is -0.398. The third kappa shape index (κ3) is 5.23. The molecule has 0 aliphatic heterocycles. The van der Waals surface area contributed by atoms with Crippen LogP contribution in [0.2, 0.25) is 10.0 Å². The van der Waals surface area contributed by atoms with Crippen molar-refractivity contribution < 1.29 is 13.2 Å². The van der Waals surface area contributed by atoms with Crippen molar-refractivity contribution in [2.45, 2.75) is 17.7 Å². The Hall–Kier alpha value is -1.56. The smallest absolute Gasteiger partial charge is 0.224 e. The number of amides is 1. The molecular formula is C16H15Cl2NO3S. The Morgan fingerprint density at radius 2 is 1.74 bits per heavy atom. The predicted molar refractivity (Wildman–Crippen MR) is 92.8 cm³/mol. The first-order valence-corrected chi connectivity index (χ1v) is 9.32. The third-order valence-electron chi connectivity index (χ3n) is 3.12. The van der Waals surface area contributed by atoms with E-state index in [1.54, 1.807) is 48.5 Å².